The zero-order chi connectivity index (χ0) is 31.7. The lowest BCUT2D eigenvalue weighted by Gasteiger charge is -2.16. The summed E-state index contributed by atoms with van der Waals surface area (Å²) in [6.45, 7) is 9.52. The summed E-state index contributed by atoms with van der Waals surface area (Å²) < 4.78 is 31.1. The van der Waals surface area contributed by atoms with E-state index in [0.717, 1.165) is 17.8 Å². The van der Waals surface area contributed by atoms with Crippen LogP contribution in [0.2, 0.25) is 0 Å². The number of nitrogen functional groups attached to an aromatic ring is 1. The highest BCUT2D eigenvalue weighted by Crippen LogP contribution is 2.28. The molecule has 2 aromatic rings. The van der Waals surface area contributed by atoms with E-state index in [-0.39, 0.29) is 12.8 Å². The normalized spacial score (nSPS) is 11.0. The van der Waals surface area contributed by atoms with E-state index < -0.39 is 6.18 Å². The molecular weight excluding hydrogens is 551 g/mol. The standard InChI is InChI=1S/C21H27ClN4O.C6H7N.C2H3F3.C2H2/c1-4-6-15-26(5-2)19-11-12-20(23)21(16-19)24-14-8-10-18(9-7-13-22)25-17(3)27;1-6-4-2-3-5-7-6;1-2(3,4)5;1-2/h5-7,9-12,14-16H,2,4,8,13,23H2,1,3H3,(H,25,27);2-5H,1H3;1H3;1-2H/b9-7-,15-6-,18-10+,24-14?;;;. The first kappa shape index (κ1) is 38.9. The molecule has 3 N–H and O–H groups in total. The van der Waals surface area contributed by atoms with Gasteiger partial charge in [-0.15, -0.1) is 24.4 Å². The number of carbonyl (C=O) groups excluding carboxylic acids is 1. The van der Waals surface area contributed by atoms with Gasteiger partial charge in [-0.05, 0) is 49.8 Å². The molecule has 0 fully saturated rings. The first-order chi connectivity index (χ1) is 19.4. The van der Waals surface area contributed by atoms with Crippen molar-refractivity contribution in [3.05, 3.63) is 97.3 Å². The minimum absolute atomic E-state index is 0.140. The fourth-order valence-electron chi connectivity index (χ4n) is 2.59. The number of pyridine rings is 1. The smallest absolute Gasteiger partial charge is 0.386 e. The van der Waals surface area contributed by atoms with Crippen molar-refractivity contribution in [2.24, 2.45) is 4.99 Å². The summed E-state index contributed by atoms with van der Waals surface area (Å²) in [7, 11) is 0. The van der Waals surface area contributed by atoms with E-state index in [4.69, 9.17) is 17.3 Å². The van der Waals surface area contributed by atoms with Crippen LogP contribution >= 0.6 is 11.6 Å². The van der Waals surface area contributed by atoms with E-state index in [2.05, 4.69) is 41.6 Å². The monoisotopic (exact) mass is 589 g/mol. The number of hydrogen-bond donors (Lipinski definition) is 2. The van der Waals surface area contributed by atoms with Gasteiger partial charge in [-0.3, -0.25) is 14.8 Å². The van der Waals surface area contributed by atoms with Gasteiger partial charge >= 0.3 is 6.18 Å². The van der Waals surface area contributed by atoms with Gasteiger partial charge in [0.2, 0.25) is 5.91 Å². The average molecular weight is 590 g/mol. The molecule has 0 saturated heterocycles. The van der Waals surface area contributed by atoms with Crippen molar-refractivity contribution in [2.45, 2.75) is 46.7 Å². The Morgan fingerprint density at radius 2 is 1.90 bits per heavy atom. The number of hydrogen-bond acceptors (Lipinski definition) is 5. The SMILES string of the molecule is C#C.C=CN(/C=C\CC)c1ccc(N)c(N=CC/C=C(\C=C/CCl)NC(C)=O)c1.CC(F)(F)F.Cc1ccccn1. The van der Waals surface area contributed by atoms with Crippen molar-refractivity contribution in [2.75, 3.05) is 16.5 Å². The number of nitrogens with one attached hydrogen (secondary N) is 1. The zero-order valence-electron chi connectivity index (χ0n) is 23.9. The minimum atomic E-state index is -4.00. The fraction of sp³-hybridized carbons (Fsp3) is 0.258. The molecule has 0 bridgehead atoms. The topological polar surface area (TPSA) is 83.6 Å². The Hall–Kier alpha value is -4.29. The maximum Gasteiger partial charge on any atom is 0.386 e. The van der Waals surface area contributed by atoms with Crippen LogP contribution in [0.1, 0.15) is 39.3 Å². The molecule has 0 spiro atoms. The average Bonchev–Trinajstić information content (AvgIpc) is 2.92. The van der Waals surface area contributed by atoms with E-state index in [0.29, 0.717) is 29.4 Å². The third-order valence-corrected chi connectivity index (χ3v) is 4.38. The van der Waals surface area contributed by atoms with Gasteiger partial charge in [-0.2, -0.15) is 13.2 Å². The van der Waals surface area contributed by atoms with Crippen LogP contribution in [0.5, 0.6) is 0 Å². The summed E-state index contributed by atoms with van der Waals surface area (Å²) >= 11 is 5.64. The highest BCUT2D eigenvalue weighted by molar-refractivity contribution is 6.18. The van der Waals surface area contributed by atoms with Crippen LogP contribution in [0.3, 0.4) is 0 Å². The molecule has 0 aliphatic heterocycles. The van der Waals surface area contributed by atoms with Gasteiger partial charge < -0.3 is 16.0 Å². The van der Waals surface area contributed by atoms with Crippen LogP contribution in [-0.2, 0) is 4.79 Å². The Balaban J connectivity index is 0. The number of anilines is 2. The minimum Gasteiger partial charge on any atom is -0.397 e. The second-order valence-corrected chi connectivity index (χ2v) is 8.13. The van der Waals surface area contributed by atoms with Gasteiger partial charge in [0, 0.05) is 68.0 Å². The largest absolute Gasteiger partial charge is 0.397 e. The lowest BCUT2D eigenvalue weighted by molar-refractivity contribution is -0.118. The number of aliphatic imine (C=N–C) groups is 1. The molecule has 10 heteroatoms. The number of halogens is 4. The van der Waals surface area contributed by atoms with Crippen LogP contribution < -0.4 is 16.0 Å². The second kappa shape index (κ2) is 23.6. The quantitative estimate of drug-likeness (QED) is 0.0960. The summed E-state index contributed by atoms with van der Waals surface area (Å²) in [6, 6.07) is 11.5. The Kier molecular flexibility index (Phi) is 22.4. The van der Waals surface area contributed by atoms with E-state index in [1.54, 1.807) is 30.8 Å². The molecule has 6 nitrogen and oxygen atoms in total. The Morgan fingerprint density at radius 3 is 2.37 bits per heavy atom. The molecule has 1 heterocycles. The summed E-state index contributed by atoms with van der Waals surface area (Å²) in [5, 5.41) is 2.74. The van der Waals surface area contributed by atoms with Crippen molar-refractivity contribution in [1.29, 1.82) is 0 Å². The second-order valence-electron chi connectivity index (χ2n) is 7.82. The van der Waals surface area contributed by atoms with E-state index in [1.165, 1.54) is 6.92 Å². The summed E-state index contributed by atoms with van der Waals surface area (Å²) in [5.41, 5.74) is 9.97. The molecule has 0 aliphatic rings. The Morgan fingerprint density at radius 1 is 1.24 bits per heavy atom. The third-order valence-electron chi connectivity index (χ3n) is 4.20. The molecule has 222 valence electrons. The van der Waals surface area contributed by atoms with Crippen molar-refractivity contribution < 1.29 is 18.0 Å². The molecule has 0 saturated carbocycles. The number of nitrogens with two attached hydrogens (primary N) is 1. The number of aryl methyl sites for hydroxylation is 1. The summed E-state index contributed by atoms with van der Waals surface area (Å²) in [4.78, 5) is 21.6. The van der Waals surface area contributed by atoms with Crippen molar-refractivity contribution in [3.63, 3.8) is 0 Å². The van der Waals surface area contributed by atoms with Crippen molar-refractivity contribution in [3.8, 4) is 12.8 Å². The van der Waals surface area contributed by atoms with Crippen LogP contribution in [0, 0.1) is 19.8 Å². The summed E-state index contributed by atoms with van der Waals surface area (Å²) in [5.74, 6) is 0.236. The number of aromatic nitrogens is 1. The van der Waals surface area contributed by atoms with Crippen molar-refractivity contribution in [1.82, 2.24) is 10.3 Å². The van der Waals surface area contributed by atoms with Crippen LogP contribution in [0.4, 0.5) is 30.2 Å². The number of terminal acetylenes is 1. The van der Waals surface area contributed by atoms with E-state index in [1.807, 2.05) is 66.6 Å². The lowest BCUT2D eigenvalue weighted by Crippen LogP contribution is -2.17. The fourth-order valence-corrected chi connectivity index (χ4v) is 2.68. The highest BCUT2D eigenvalue weighted by atomic mass is 35.5. The molecular formula is C31H39ClF3N5O. The first-order valence-electron chi connectivity index (χ1n) is 12.4. The molecule has 1 aromatic carbocycles. The molecule has 2 rings (SSSR count). The van der Waals surface area contributed by atoms with E-state index >= 15 is 0 Å². The van der Waals surface area contributed by atoms with Crippen LogP contribution in [-0.4, -0.2) is 29.2 Å². The van der Waals surface area contributed by atoms with E-state index in [9.17, 15) is 18.0 Å². The molecule has 41 heavy (non-hydrogen) atoms. The zero-order valence-corrected chi connectivity index (χ0v) is 24.7. The molecule has 0 atom stereocenters. The third kappa shape index (κ3) is 23.3. The predicted octanol–water partition coefficient (Wildman–Crippen LogP) is 8.26. The number of benzene rings is 1. The van der Waals surface area contributed by atoms with Gasteiger partial charge in [0.05, 0.1) is 11.4 Å². The van der Waals surface area contributed by atoms with Gasteiger partial charge in [0.1, 0.15) is 0 Å². The number of rotatable bonds is 10. The predicted molar refractivity (Wildman–Crippen MR) is 168 cm³/mol. The van der Waals surface area contributed by atoms with Crippen LogP contribution in [0.25, 0.3) is 0 Å². The number of nitrogens with zero attached hydrogens (tertiary/aromatic N) is 3. The molecule has 1 amide bonds. The van der Waals surface area contributed by atoms with Crippen molar-refractivity contribution >= 4 is 40.8 Å². The maximum atomic E-state index is 11.2. The van der Waals surface area contributed by atoms with Crippen LogP contribution in [0.15, 0.2) is 96.6 Å². The Bertz CT molecular complexity index is 1150. The highest BCUT2D eigenvalue weighted by Gasteiger charge is 2.15. The van der Waals surface area contributed by atoms with Gasteiger partial charge in [0.25, 0.3) is 0 Å². The molecule has 0 unspecified atom stereocenters. The number of alkyl halides is 4. The lowest BCUT2D eigenvalue weighted by atomic mass is 10.2. The summed E-state index contributed by atoms with van der Waals surface area (Å²) in [6.07, 6.45) is 20.1. The van der Waals surface area contributed by atoms with Gasteiger partial charge in [0.15, 0.2) is 0 Å². The number of amides is 1. The van der Waals surface area contributed by atoms with Gasteiger partial charge in [-0.1, -0.05) is 37.8 Å². The molecule has 1 aromatic heterocycles. The first-order valence-corrected chi connectivity index (χ1v) is 12.9. The number of allylic oxidation sites excluding steroid dienone is 4. The molecule has 0 aliphatic carbocycles. The van der Waals surface area contributed by atoms with Gasteiger partial charge in [-0.25, -0.2) is 0 Å². The molecule has 0 radical (unpaired) electrons. The Labute approximate surface area is 247 Å². The number of carbonyl (C=O) groups is 1. The maximum absolute atomic E-state index is 11.2.